The van der Waals surface area contributed by atoms with Gasteiger partial charge in [0.25, 0.3) is 0 Å². The Balaban J connectivity index is 1.59. The summed E-state index contributed by atoms with van der Waals surface area (Å²) in [7, 11) is 0. The largest absolute Gasteiger partial charge is 0.355 e. The second-order valence-electron chi connectivity index (χ2n) is 11.6. The Kier molecular flexibility index (Phi) is 6.75. The van der Waals surface area contributed by atoms with Crippen molar-refractivity contribution in [3.8, 4) is 28.2 Å². The lowest BCUT2D eigenvalue weighted by Gasteiger charge is -2.40. The van der Waals surface area contributed by atoms with Crippen molar-refractivity contribution in [2.45, 2.75) is 39.3 Å². The first-order chi connectivity index (χ1) is 21.7. The molecule has 228 valence electrons. The van der Waals surface area contributed by atoms with Crippen molar-refractivity contribution in [3.63, 3.8) is 0 Å². The van der Waals surface area contributed by atoms with E-state index in [4.69, 9.17) is 4.98 Å². The molecule has 1 saturated heterocycles. The standard InChI is InChI=1S/C32H29F2N9O2/c1-5-25(44)40-11-12-42(18(4)14-40)30-21-13-23(34)28-26-19(7-6-8-22(26)33)15-41-16-24(38-39-41)20-9-10-35-27(17(2)3)29(20)43(31(21)36-28)32(45)37-30/h5-10,13,16-18H,1,11-12,14-15H2,2-4H3/t18-/m0/s1. The van der Waals surface area contributed by atoms with Crippen LogP contribution in [0.3, 0.4) is 0 Å². The zero-order valence-corrected chi connectivity index (χ0v) is 24.9. The van der Waals surface area contributed by atoms with E-state index in [0.29, 0.717) is 47.8 Å². The van der Waals surface area contributed by atoms with E-state index in [1.54, 1.807) is 35.5 Å². The van der Waals surface area contributed by atoms with Crippen LogP contribution in [0.5, 0.6) is 0 Å². The summed E-state index contributed by atoms with van der Waals surface area (Å²) in [5.74, 6) is -1.55. The van der Waals surface area contributed by atoms with E-state index < -0.39 is 17.3 Å². The van der Waals surface area contributed by atoms with Crippen molar-refractivity contribution in [1.29, 1.82) is 0 Å². The molecule has 0 spiro atoms. The summed E-state index contributed by atoms with van der Waals surface area (Å²) < 4.78 is 34.7. The molecule has 1 amide bonds. The summed E-state index contributed by atoms with van der Waals surface area (Å²) in [5.41, 5.74) is 1.58. The van der Waals surface area contributed by atoms with Crippen LogP contribution in [-0.4, -0.2) is 71.0 Å². The molecule has 0 aliphatic carbocycles. The molecule has 5 aromatic rings. The number of pyridine rings is 2. The Hall–Kier alpha value is -5.33. The normalized spacial score (nSPS) is 15.9. The molecule has 1 fully saturated rings. The number of amides is 1. The van der Waals surface area contributed by atoms with E-state index in [1.807, 2.05) is 25.7 Å². The van der Waals surface area contributed by atoms with Gasteiger partial charge in [0, 0.05) is 43.0 Å². The number of rotatable bonds is 3. The number of aromatic nitrogens is 7. The molecule has 0 N–H and O–H groups in total. The van der Waals surface area contributed by atoms with Gasteiger partial charge < -0.3 is 9.80 Å². The molecule has 0 unspecified atom stereocenters. The van der Waals surface area contributed by atoms with Gasteiger partial charge >= 0.3 is 5.69 Å². The van der Waals surface area contributed by atoms with E-state index in [2.05, 4.69) is 26.9 Å². The van der Waals surface area contributed by atoms with Crippen LogP contribution in [0.2, 0.25) is 0 Å². The highest BCUT2D eigenvalue weighted by molar-refractivity contribution is 5.92. The number of nitrogens with zero attached hydrogens (tertiary/aromatic N) is 9. The number of halogens is 2. The van der Waals surface area contributed by atoms with Crippen LogP contribution < -0.4 is 10.6 Å². The lowest BCUT2D eigenvalue weighted by molar-refractivity contribution is -0.126. The number of hydrogen-bond acceptors (Lipinski definition) is 8. The maximum Gasteiger partial charge on any atom is 0.355 e. The molecule has 13 heteroatoms. The molecule has 1 atom stereocenters. The molecule has 0 radical (unpaired) electrons. The molecule has 4 aromatic heterocycles. The predicted octanol–water partition coefficient (Wildman–Crippen LogP) is 4.09. The van der Waals surface area contributed by atoms with Crippen LogP contribution in [-0.2, 0) is 11.3 Å². The maximum absolute atomic E-state index is 16.3. The van der Waals surface area contributed by atoms with Crippen LogP contribution in [0.25, 0.3) is 39.2 Å². The molecular formula is C32H29F2N9O2. The van der Waals surface area contributed by atoms with Crippen molar-refractivity contribution >= 4 is 22.8 Å². The van der Waals surface area contributed by atoms with E-state index in [1.165, 1.54) is 27.5 Å². The Morgan fingerprint density at radius 3 is 2.71 bits per heavy atom. The van der Waals surface area contributed by atoms with Gasteiger partial charge in [0.2, 0.25) is 5.91 Å². The van der Waals surface area contributed by atoms with Crippen molar-refractivity contribution < 1.29 is 13.6 Å². The fourth-order valence-electron chi connectivity index (χ4n) is 6.28. The van der Waals surface area contributed by atoms with Crippen LogP contribution in [0.15, 0.2) is 60.2 Å². The van der Waals surface area contributed by atoms with Gasteiger partial charge in [0.15, 0.2) is 5.65 Å². The van der Waals surface area contributed by atoms with Crippen LogP contribution in [0.4, 0.5) is 14.6 Å². The summed E-state index contributed by atoms with van der Waals surface area (Å²) in [6.45, 7) is 10.5. The molecule has 1 aromatic carbocycles. The highest BCUT2D eigenvalue weighted by atomic mass is 19.1. The number of carbonyl (C=O) groups is 1. The molecule has 0 saturated carbocycles. The third kappa shape index (κ3) is 4.57. The van der Waals surface area contributed by atoms with Crippen molar-refractivity contribution in [1.82, 2.24) is 39.4 Å². The first-order valence-electron chi connectivity index (χ1n) is 14.6. The smallest absolute Gasteiger partial charge is 0.350 e. The van der Waals surface area contributed by atoms with E-state index in [-0.39, 0.29) is 52.5 Å². The lowest BCUT2D eigenvalue weighted by atomic mass is 10.0. The average molecular weight is 610 g/mol. The highest BCUT2D eigenvalue weighted by Gasteiger charge is 2.32. The van der Waals surface area contributed by atoms with Gasteiger partial charge in [-0.2, -0.15) is 4.98 Å². The second kappa shape index (κ2) is 10.7. The Morgan fingerprint density at radius 1 is 1.13 bits per heavy atom. The molecule has 7 rings (SSSR count). The minimum atomic E-state index is -0.776. The molecule has 4 bridgehead atoms. The molecule has 11 nitrogen and oxygen atoms in total. The first-order valence-corrected chi connectivity index (χ1v) is 14.6. The van der Waals surface area contributed by atoms with Crippen LogP contribution in [0.1, 0.15) is 37.9 Å². The van der Waals surface area contributed by atoms with Gasteiger partial charge in [-0.25, -0.2) is 27.8 Å². The highest BCUT2D eigenvalue weighted by Crippen LogP contribution is 2.37. The minimum absolute atomic E-state index is 0.0349. The SMILES string of the molecule is C=CC(=O)N1CCN(c2nc(=O)n3c4nc(c(F)cc24)-c2c(F)cccc2Cn2cc(nn2)-c2ccnc(C(C)C)c2-3)[C@@H](C)C1. The summed E-state index contributed by atoms with van der Waals surface area (Å²) in [6.07, 6.45) is 4.61. The summed E-state index contributed by atoms with van der Waals surface area (Å²) in [4.78, 5) is 44.0. The average Bonchev–Trinajstić information content (AvgIpc) is 3.48. The van der Waals surface area contributed by atoms with Crippen molar-refractivity contribution in [2.75, 3.05) is 24.5 Å². The fraction of sp³-hybridized carbons (Fsp3) is 0.281. The molecular weight excluding hydrogens is 580 g/mol. The second-order valence-corrected chi connectivity index (χ2v) is 11.6. The van der Waals surface area contributed by atoms with Gasteiger partial charge in [0.1, 0.15) is 28.8 Å². The first kappa shape index (κ1) is 28.4. The van der Waals surface area contributed by atoms with Crippen molar-refractivity contribution in [3.05, 3.63) is 88.8 Å². The maximum atomic E-state index is 16.3. The quantitative estimate of drug-likeness (QED) is 0.276. The van der Waals surface area contributed by atoms with Crippen LogP contribution in [0, 0.1) is 11.6 Å². The monoisotopic (exact) mass is 609 g/mol. The minimum Gasteiger partial charge on any atom is -0.350 e. The van der Waals surface area contributed by atoms with Gasteiger partial charge in [-0.1, -0.05) is 37.8 Å². The Labute approximate surface area is 256 Å². The lowest BCUT2D eigenvalue weighted by Crippen LogP contribution is -2.54. The number of benzene rings is 1. The third-order valence-corrected chi connectivity index (χ3v) is 8.39. The number of anilines is 1. The third-order valence-electron chi connectivity index (χ3n) is 8.39. The van der Waals surface area contributed by atoms with Crippen LogP contribution >= 0.6 is 0 Å². The molecule has 45 heavy (non-hydrogen) atoms. The van der Waals surface area contributed by atoms with Gasteiger partial charge in [-0.05, 0) is 42.7 Å². The summed E-state index contributed by atoms with van der Waals surface area (Å²) in [5, 5.41) is 8.91. The molecule has 2 aliphatic rings. The number of fused-ring (bicyclic) bond motifs is 8. The molecule has 6 heterocycles. The summed E-state index contributed by atoms with van der Waals surface area (Å²) in [6, 6.07) is 7.21. The Morgan fingerprint density at radius 2 is 1.96 bits per heavy atom. The topological polar surface area (TPSA) is 115 Å². The van der Waals surface area contributed by atoms with Gasteiger partial charge in [-0.3, -0.25) is 9.78 Å². The zero-order valence-electron chi connectivity index (χ0n) is 24.9. The summed E-state index contributed by atoms with van der Waals surface area (Å²) >= 11 is 0. The zero-order chi connectivity index (χ0) is 31.6. The fourth-order valence-corrected chi connectivity index (χ4v) is 6.28. The number of piperazine rings is 1. The number of carbonyl (C=O) groups excluding carboxylic acids is 1. The Bertz CT molecular complexity index is 2090. The van der Waals surface area contributed by atoms with Crippen molar-refractivity contribution in [2.24, 2.45) is 0 Å². The van der Waals surface area contributed by atoms with E-state index in [9.17, 15) is 9.59 Å². The molecule has 2 aliphatic heterocycles. The van der Waals surface area contributed by atoms with E-state index in [0.717, 1.165) is 0 Å². The van der Waals surface area contributed by atoms with E-state index >= 15 is 8.78 Å². The number of hydrogen-bond donors (Lipinski definition) is 0. The van der Waals surface area contributed by atoms with Gasteiger partial charge in [0.05, 0.1) is 29.5 Å². The predicted molar refractivity (Wildman–Crippen MR) is 164 cm³/mol. The van der Waals surface area contributed by atoms with Gasteiger partial charge in [-0.15, -0.1) is 5.10 Å².